The molecule has 1 aliphatic rings. The lowest BCUT2D eigenvalue weighted by atomic mass is 9.92. The second-order valence-electron chi connectivity index (χ2n) is 5.46. The molecule has 1 heterocycles. The number of anilines is 1. The van der Waals surface area contributed by atoms with Crippen LogP contribution in [0.25, 0.3) is 0 Å². The van der Waals surface area contributed by atoms with Crippen LogP contribution in [0, 0.1) is 5.92 Å². The number of nitrogens with zero attached hydrogens (tertiary/aromatic N) is 1. The van der Waals surface area contributed by atoms with E-state index in [2.05, 4.69) is 55.3 Å². The highest BCUT2D eigenvalue weighted by atomic mass is 15.2. The third kappa shape index (κ3) is 2.86. The molecule has 0 saturated heterocycles. The number of fused-ring (bicyclic) bond motifs is 1. The number of hydrogen-bond donors (Lipinski definition) is 1. The molecule has 100 valence electrons. The van der Waals surface area contributed by atoms with Crippen molar-refractivity contribution in [2.75, 3.05) is 24.5 Å². The summed E-state index contributed by atoms with van der Waals surface area (Å²) in [5, 5.41) is 3.50. The van der Waals surface area contributed by atoms with Crippen molar-refractivity contribution in [2.24, 2.45) is 5.92 Å². The molecule has 2 rings (SSSR count). The molecule has 1 aromatic carbocycles. The maximum atomic E-state index is 3.50. The van der Waals surface area contributed by atoms with E-state index in [1.54, 1.807) is 0 Å². The van der Waals surface area contributed by atoms with Crippen LogP contribution >= 0.6 is 0 Å². The van der Waals surface area contributed by atoms with Crippen LogP contribution in [0.15, 0.2) is 24.3 Å². The minimum Gasteiger partial charge on any atom is -0.367 e. The van der Waals surface area contributed by atoms with Gasteiger partial charge in [0.05, 0.1) is 0 Å². The molecule has 2 nitrogen and oxygen atoms in total. The Bertz CT molecular complexity index is 375. The third-order valence-corrected chi connectivity index (χ3v) is 3.92. The first kappa shape index (κ1) is 13.4. The molecule has 0 bridgehead atoms. The van der Waals surface area contributed by atoms with Gasteiger partial charge in [-0.05, 0) is 36.9 Å². The van der Waals surface area contributed by atoms with E-state index in [0.29, 0.717) is 6.04 Å². The van der Waals surface area contributed by atoms with E-state index in [9.17, 15) is 0 Å². The number of benzene rings is 1. The standard InChI is InChI=1S/C16H26N2/c1-4-15(11-17-5-2)18-12-13(3)10-14-8-6-7-9-16(14)18/h6-9,13,15,17H,4-5,10-12H2,1-3H3. The molecule has 2 heteroatoms. The number of hydrogen-bond acceptors (Lipinski definition) is 2. The third-order valence-electron chi connectivity index (χ3n) is 3.92. The molecule has 1 aromatic rings. The minimum atomic E-state index is 0.619. The molecule has 1 N–H and O–H groups in total. The van der Waals surface area contributed by atoms with E-state index >= 15 is 0 Å². The zero-order valence-electron chi connectivity index (χ0n) is 11.9. The zero-order valence-corrected chi connectivity index (χ0v) is 11.9. The highest BCUT2D eigenvalue weighted by molar-refractivity contribution is 5.56. The molecular formula is C16H26N2. The smallest absolute Gasteiger partial charge is 0.0412 e. The summed E-state index contributed by atoms with van der Waals surface area (Å²) in [6.45, 7) is 10.2. The Labute approximate surface area is 111 Å². The van der Waals surface area contributed by atoms with Gasteiger partial charge in [0.1, 0.15) is 0 Å². The molecule has 0 aliphatic carbocycles. The number of para-hydroxylation sites is 1. The second kappa shape index (κ2) is 6.24. The largest absolute Gasteiger partial charge is 0.367 e. The van der Waals surface area contributed by atoms with Crippen molar-refractivity contribution in [1.82, 2.24) is 5.32 Å². The van der Waals surface area contributed by atoms with E-state index < -0.39 is 0 Å². The molecule has 0 saturated carbocycles. The van der Waals surface area contributed by atoms with Gasteiger partial charge in [-0.15, -0.1) is 0 Å². The summed E-state index contributed by atoms with van der Waals surface area (Å²) in [5.74, 6) is 0.760. The van der Waals surface area contributed by atoms with Gasteiger partial charge in [-0.1, -0.05) is 39.0 Å². The van der Waals surface area contributed by atoms with Crippen LogP contribution in [0.5, 0.6) is 0 Å². The monoisotopic (exact) mass is 246 g/mol. The number of rotatable bonds is 5. The van der Waals surface area contributed by atoms with Gasteiger partial charge in [-0.2, -0.15) is 0 Å². The van der Waals surface area contributed by atoms with Crippen molar-refractivity contribution in [3.8, 4) is 0 Å². The topological polar surface area (TPSA) is 15.3 Å². The van der Waals surface area contributed by atoms with Crippen LogP contribution in [0.2, 0.25) is 0 Å². The van der Waals surface area contributed by atoms with Crippen molar-refractivity contribution in [1.29, 1.82) is 0 Å². The predicted octanol–water partition coefficient (Wildman–Crippen LogP) is 3.07. The normalized spacial score (nSPS) is 20.6. The van der Waals surface area contributed by atoms with Gasteiger partial charge < -0.3 is 10.2 Å². The summed E-state index contributed by atoms with van der Waals surface area (Å²) >= 11 is 0. The van der Waals surface area contributed by atoms with Gasteiger partial charge in [0.25, 0.3) is 0 Å². The summed E-state index contributed by atoms with van der Waals surface area (Å²) in [6.07, 6.45) is 2.43. The predicted molar refractivity (Wildman–Crippen MR) is 79.3 cm³/mol. The van der Waals surface area contributed by atoms with Crippen LogP contribution in [-0.2, 0) is 6.42 Å². The zero-order chi connectivity index (χ0) is 13.0. The lowest BCUT2D eigenvalue weighted by Crippen LogP contribution is -2.46. The van der Waals surface area contributed by atoms with Gasteiger partial charge in [-0.25, -0.2) is 0 Å². The molecular weight excluding hydrogens is 220 g/mol. The Balaban J connectivity index is 2.21. The van der Waals surface area contributed by atoms with Gasteiger partial charge in [-0.3, -0.25) is 0 Å². The Kier molecular flexibility index (Phi) is 4.65. The fraction of sp³-hybridized carbons (Fsp3) is 0.625. The summed E-state index contributed by atoms with van der Waals surface area (Å²) in [5.41, 5.74) is 2.98. The van der Waals surface area contributed by atoms with E-state index in [1.165, 1.54) is 30.6 Å². The minimum absolute atomic E-state index is 0.619. The van der Waals surface area contributed by atoms with Crippen molar-refractivity contribution in [3.05, 3.63) is 29.8 Å². The molecule has 18 heavy (non-hydrogen) atoms. The molecule has 2 unspecified atom stereocenters. The lowest BCUT2D eigenvalue weighted by Gasteiger charge is -2.40. The fourth-order valence-corrected chi connectivity index (χ4v) is 2.97. The Morgan fingerprint density at radius 3 is 2.83 bits per heavy atom. The summed E-state index contributed by atoms with van der Waals surface area (Å²) in [7, 11) is 0. The van der Waals surface area contributed by atoms with Crippen LogP contribution in [0.4, 0.5) is 5.69 Å². The second-order valence-corrected chi connectivity index (χ2v) is 5.46. The number of likely N-dealkylation sites (N-methyl/N-ethyl adjacent to an activating group) is 1. The van der Waals surface area contributed by atoms with Crippen molar-refractivity contribution in [2.45, 2.75) is 39.7 Å². The summed E-state index contributed by atoms with van der Waals surface area (Å²) in [6, 6.07) is 9.53. The van der Waals surface area contributed by atoms with Gasteiger partial charge in [0.2, 0.25) is 0 Å². The van der Waals surface area contributed by atoms with Crippen molar-refractivity contribution in [3.63, 3.8) is 0 Å². The molecule has 1 aliphatic heterocycles. The lowest BCUT2D eigenvalue weighted by molar-refractivity contribution is 0.456. The SMILES string of the molecule is CCNCC(CC)N1CC(C)Cc2ccccc21. The van der Waals surface area contributed by atoms with Crippen molar-refractivity contribution < 1.29 is 0 Å². The first-order valence-corrected chi connectivity index (χ1v) is 7.31. The maximum Gasteiger partial charge on any atom is 0.0412 e. The number of nitrogens with one attached hydrogen (secondary N) is 1. The molecule has 0 spiro atoms. The van der Waals surface area contributed by atoms with Crippen LogP contribution in [0.3, 0.4) is 0 Å². The Morgan fingerprint density at radius 2 is 2.11 bits per heavy atom. The maximum absolute atomic E-state index is 3.50. The quantitative estimate of drug-likeness (QED) is 0.859. The first-order chi connectivity index (χ1) is 8.76. The van der Waals surface area contributed by atoms with E-state index in [1.807, 2.05) is 0 Å². The van der Waals surface area contributed by atoms with E-state index in [-0.39, 0.29) is 0 Å². The molecule has 0 radical (unpaired) electrons. The van der Waals surface area contributed by atoms with Crippen LogP contribution in [0.1, 0.15) is 32.8 Å². The van der Waals surface area contributed by atoms with Gasteiger partial charge in [0, 0.05) is 24.8 Å². The average molecular weight is 246 g/mol. The highest BCUT2D eigenvalue weighted by Crippen LogP contribution is 2.31. The highest BCUT2D eigenvalue weighted by Gasteiger charge is 2.25. The molecule has 0 aromatic heterocycles. The molecule has 2 atom stereocenters. The summed E-state index contributed by atoms with van der Waals surface area (Å²) in [4.78, 5) is 2.62. The first-order valence-electron chi connectivity index (χ1n) is 7.31. The van der Waals surface area contributed by atoms with E-state index in [4.69, 9.17) is 0 Å². The molecule has 0 amide bonds. The van der Waals surface area contributed by atoms with Crippen LogP contribution < -0.4 is 10.2 Å². The van der Waals surface area contributed by atoms with Crippen molar-refractivity contribution >= 4 is 5.69 Å². The van der Waals surface area contributed by atoms with Gasteiger partial charge >= 0.3 is 0 Å². The van der Waals surface area contributed by atoms with Crippen LogP contribution in [-0.4, -0.2) is 25.7 Å². The van der Waals surface area contributed by atoms with Gasteiger partial charge in [0.15, 0.2) is 0 Å². The average Bonchev–Trinajstić information content (AvgIpc) is 2.39. The Hall–Kier alpha value is -1.02. The van der Waals surface area contributed by atoms with E-state index in [0.717, 1.165) is 19.0 Å². The fourth-order valence-electron chi connectivity index (χ4n) is 2.97. The Morgan fingerprint density at radius 1 is 1.33 bits per heavy atom. The summed E-state index contributed by atoms with van der Waals surface area (Å²) < 4.78 is 0. The molecule has 0 fully saturated rings.